The van der Waals surface area contributed by atoms with Crippen LogP contribution < -0.4 is 4.74 Å². The van der Waals surface area contributed by atoms with Gasteiger partial charge in [0.25, 0.3) is 0 Å². The summed E-state index contributed by atoms with van der Waals surface area (Å²) in [5.74, 6) is 0.285. The average molecular weight is 441 g/mol. The number of thioether (sulfide) groups is 1. The smallest absolute Gasteiger partial charge is 0.154 e. The predicted molar refractivity (Wildman–Crippen MR) is 118 cm³/mol. The van der Waals surface area contributed by atoms with Crippen LogP contribution in [0.1, 0.15) is 11.3 Å². The van der Waals surface area contributed by atoms with Crippen molar-refractivity contribution in [1.29, 1.82) is 0 Å². The molecule has 0 aliphatic rings. The highest BCUT2D eigenvalue weighted by Crippen LogP contribution is 2.29. The van der Waals surface area contributed by atoms with Crippen molar-refractivity contribution in [2.24, 2.45) is 0 Å². The third kappa shape index (κ3) is 4.70. The van der Waals surface area contributed by atoms with Crippen molar-refractivity contribution in [2.45, 2.75) is 17.3 Å². The second kappa shape index (κ2) is 9.03. The van der Waals surface area contributed by atoms with Crippen LogP contribution in [0.3, 0.4) is 0 Å². The molecule has 2 aromatic heterocycles. The van der Waals surface area contributed by atoms with E-state index in [0.717, 1.165) is 33.9 Å². The molecule has 0 N–H and O–H groups in total. The van der Waals surface area contributed by atoms with E-state index in [-0.39, 0.29) is 5.56 Å². The Kier molecular flexibility index (Phi) is 6.20. The molecule has 0 unspecified atom stereocenters. The van der Waals surface area contributed by atoms with E-state index in [1.165, 1.54) is 12.1 Å². The lowest BCUT2D eigenvalue weighted by Crippen LogP contribution is -2.14. The van der Waals surface area contributed by atoms with Gasteiger partial charge in [0, 0.05) is 23.9 Å². The van der Waals surface area contributed by atoms with Crippen LogP contribution in [0.4, 0.5) is 8.78 Å². The largest absolute Gasteiger partial charge is 0.497 e. The first-order valence-electron chi connectivity index (χ1n) is 9.69. The van der Waals surface area contributed by atoms with E-state index in [0.29, 0.717) is 17.9 Å². The maximum Gasteiger partial charge on any atom is 0.154 e. The van der Waals surface area contributed by atoms with E-state index in [9.17, 15) is 8.78 Å². The second-order valence-electron chi connectivity index (χ2n) is 7.35. The number of halogens is 2. The molecule has 4 aromatic rings. The molecule has 0 fully saturated rings. The molecule has 160 valence electrons. The molecule has 0 aliphatic carbocycles. The highest BCUT2D eigenvalue weighted by Gasteiger charge is 2.19. The number of benzene rings is 2. The normalized spacial score (nSPS) is 11.4. The molecule has 2 heterocycles. The predicted octanol–water partition coefficient (Wildman–Crippen LogP) is 5.04. The molecule has 0 saturated carbocycles. The Bertz CT molecular complexity index is 1230. The Morgan fingerprint density at radius 2 is 1.90 bits per heavy atom. The van der Waals surface area contributed by atoms with Gasteiger partial charge in [-0.3, -0.25) is 0 Å². The van der Waals surface area contributed by atoms with E-state index < -0.39 is 11.6 Å². The lowest BCUT2D eigenvalue weighted by atomic mass is 10.1. The van der Waals surface area contributed by atoms with Gasteiger partial charge in [0.15, 0.2) is 5.65 Å². The number of ether oxygens (including phenoxy) is 1. The Morgan fingerprint density at radius 1 is 1.06 bits per heavy atom. The molecule has 31 heavy (non-hydrogen) atoms. The quantitative estimate of drug-likeness (QED) is 0.377. The zero-order valence-electron chi connectivity index (χ0n) is 17.5. The first-order valence-corrected chi connectivity index (χ1v) is 10.7. The Hall–Kier alpha value is -2.97. The van der Waals surface area contributed by atoms with Gasteiger partial charge < -0.3 is 9.64 Å². The van der Waals surface area contributed by atoms with Crippen LogP contribution in [0.15, 0.2) is 59.6 Å². The fraction of sp³-hybridized carbons (Fsp3) is 0.217. The van der Waals surface area contributed by atoms with Crippen LogP contribution in [-0.2, 0) is 12.3 Å². The van der Waals surface area contributed by atoms with Crippen molar-refractivity contribution in [3.8, 4) is 17.0 Å². The van der Waals surface area contributed by atoms with Gasteiger partial charge in [-0.1, -0.05) is 23.9 Å². The van der Waals surface area contributed by atoms with Gasteiger partial charge in [-0.2, -0.15) is 5.10 Å². The molecule has 0 saturated heterocycles. The summed E-state index contributed by atoms with van der Waals surface area (Å²) < 4.78 is 34.9. The van der Waals surface area contributed by atoms with Crippen molar-refractivity contribution >= 4 is 17.4 Å². The average Bonchev–Trinajstić information content (AvgIpc) is 3.09. The SMILES string of the molecule is COc1cccc(CSc2ccc3nc(-c4ccc(F)cc4F)c(CN(C)C)n3n2)c1. The van der Waals surface area contributed by atoms with Crippen LogP contribution in [-0.4, -0.2) is 40.7 Å². The zero-order valence-corrected chi connectivity index (χ0v) is 18.3. The summed E-state index contributed by atoms with van der Waals surface area (Å²) in [6.45, 7) is 0.504. The van der Waals surface area contributed by atoms with E-state index in [4.69, 9.17) is 9.84 Å². The van der Waals surface area contributed by atoms with Crippen molar-refractivity contribution < 1.29 is 13.5 Å². The number of hydrogen-bond acceptors (Lipinski definition) is 5. The molecular weight excluding hydrogens is 418 g/mol. The van der Waals surface area contributed by atoms with Crippen LogP contribution in [0.25, 0.3) is 16.9 Å². The first kappa shape index (κ1) is 21.3. The topological polar surface area (TPSA) is 42.7 Å². The van der Waals surface area contributed by atoms with Gasteiger partial charge in [0.1, 0.15) is 22.4 Å². The van der Waals surface area contributed by atoms with Gasteiger partial charge in [0.2, 0.25) is 0 Å². The summed E-state index contributed by atoms with van der Waals surface area (Å²) in [7, 11) is 5.49. The van der Waals surface area contributed by atoms with Crippen LogP contribution in [0.2, 0.25) is 0 Å². The summed E-state index contributed by atoms with van der Waals surface area (Å²) in [6.07, 6.45) is 0. The molecule has 0 radical (unpaired) electrons. The fourth-order valence-electron chi connectivity index (χ4n) is 3.30. The van der Waals surface area contributed by atoms with Gasteiger partial charge in [-0.15, -0.1) is 0 Å². The maximum absolute atomic E-state index is 14.5. The number of rotatable bonds is 7. The lowest BCUT2D eigenvalue weighted by Gasteiger charge is -2.11. The van der Waals surface area contributed by atoms with Crippen LogP contribution >= 0.6 is 11.8 Å². The number of methoxy groups -OCH3 is 1. The Balaban J connectivity index is 1.70. The van der Waals surface area contributed by atoms with E-state index in [1.54, 1.807) is 23.4 Å². The molecule has 2 aromatic carbocycles. The van der Waals surface area contributed by atoms with Crippen LogP contribution in [0, 0.1) is 11.6 Å². The van der Waals surface area contributed by atoms with Gasteiger partial charge in [-0.05, 0) is 56.1 Å². The molecule has 0 amide bonds. The molecule has 4 rings (SSSR count). The summed E-state index contributed by atoms with van der Waals surface area (Å²) in [5.41, 5.74) is 3.21. The highest BCUT2D eigenvalue weighted by atomic mass is 32.2. The Morgan fingerprint density at radius 3 is 2.65 bits per heavy atom. The van der Waals surface area contributed by atoms with Gasteiger partial charge in [0.05, 0.1) is 18.5 Å². The molecule has 0 bridgehead atoms. The minimum Gasteiger partial charge on any atom is -0.497 e. The van der Waals surface area contributed by atoms with Gasteiger partial charge >= 0.3 is 0 Å². The van der Waals surface area contributed by atoms with Gasteiger partial charge in [-0.25, -0.2) is 18.3 Å². The number of hydrogen-bond donors (Lipinski definition) is 0. The minimum atomic E-state index is -0.643. The third-order valence-electron chi connectivity index (χ3n) is 4.72. The number of imidazole rings is 1. The number of aromatic nitrogens is 3. The van der Waals surface area contributed by atoms with E-state index in [2.05, 4.69) is 4.98 Å². The summed E-state index contributed by atoms with van der Waals surface area (Å²) >= 11 is 1.59. The fourth-order valence-corrected chi connectivity index (χ4v) is 4.10. The molecule has 8 heteroatoms. The highest BCUT2D eigenvalue weighted by molar-refractivity contribution is 7.98. The van der Waals surface area contributed by atoms with Crippen molar-refractivity contribution in [2.75, 3.05) is 21.2 Å². The molecule has 0 atom stereocenters. The number of fused-ring (bicyclic) bond motifs is 1. The van der Waals surface area contributed by atoms with Crippen LogP contribution in [0.5, 0.6) is 5.75 Å². The number of nitrogens with zero attached hydrogens (tertiary/aromatic N) is 4. The zero-order chi connectivity index (χ0) is 22.0. The van der Waals surface area contributed by atoms with Crippen molar-refractivity contribution in [1.82, 2.24) is 19.5 Å². The molecule has 0 spiro atoms. The Labute approximate surface area is 183 Å². The standard InChI is InChI=1S/C23H22F2N4OS/c1-28(2)13-20-23(18-8-7-16(24)12-19(18)25)26-21-9-10-22(27-29(20)21)31-14-15-5-4-6-17(11-15)30-3/h4-12H,13-14H2,1-3H3. The summed E-state index contributed by atoms with van der Waals surface area (Å²) in [4.78, 5) is 6.56. The first-order chi connectivity index (χ1) is 14.9. The van der Waals surface area contributed by atoms with E-state index >= 15 is 0 Å². The monoisotopic (exact) mass is 440 g/mol. The minimum absolute atomic E-state index is 0.259. The van der Waals surface area contributed by atoms with Crippen molar-refractivity contribution in [3.63, 3.8) is 0 Å². The molecule has 5 nitrogen and oxygen atoms in total. The molecule has 0 aliphatic heterocycles. The summed E-state index contributed by atoms with van der Waals surface area (Å²) in [5, 5.41) is 5.56. The third-order valence-corrected chi connectivity index (χ3v) is 5.71. The van der Waals surface area contributed by atoms with Crippen molar-refractivity contribution in [3.05, 3.63) is 77.5 Å². The second-order valence-corrected chi connectivity index (χ2v) is 8.35. The van der Waals surface area contributed by atoms with E-state index in [1.807, 2.05) is 55.4 Å². The summed E-state index contributed by atoms with van der Waals surface area (Å²) in [6, 6.07) is 15.2. The molecular formula is C23H22F2N4OS. The maximum atomic E-state index is 14.5. The lowest BCUT2D eigenvalue weighted by molar-refractivity contribution is 0.393.